The lowest BCUT2D eigenvalue weighted by Crippen LogP contribution is -2.28. The number of aliphatic carboxylic acids is 1. The van der Waals surface area contributed by atoms with E-state index in [4.69, 9.17) is 16.3 Å². The van der Waals surface area contributed by atoms with Gasteiger partial charge in [0.15, 0.2) is 0 Å². The maximum Gasteiger partial charge on any atom is 0.323 e. The number of fused-ring (bicyclic) bond motifs is 1. The molecule has 0 saturated carbocycles. The van der Waals surface area contributed by atoms with E-state index in [1.807, 2.05) is 6.92 Å². The number of sulfonamides is 1. The lowest BCUT2D eigenvalue weighted by molar-refractivity contribution is -0.137. The molecular formula is C21H22ClN3O5S. The van der Waals surface area contributed by atoms with Crippen molar-refractivity contribution in [1.82, 2.24) is 13.9 Å². The zero-order valence-corrected chi connectivity index (χ0v) is 18.4. The van der Waals surface area contributed by atoms with Crippen LogP contribution < -0.4 is 4.74 Å². The number of hydrogen-bond acceptors (Lipinski definition) is 5. The van der Waals surface area contributed by atoms with E-state index < -0.39 is 16.0 Å². The lowest BCUT2D eigenvalue weighted by atomic mass is 9.98. The maximum atomic E-state index is 13.1. The minimum absolute atomic E-state index is 0.0681. The van der Waals surface area contributed by atoms with Gasteiger partial charge in [-0.15, -0.1) is 0 Å². The van der Waals surface area contributed by atoms with Crippen molar-refractivity contribution in [2.24, 2.45) is 0 Å². The third-order valence-corrected chi connectivity index (χ3v) is 7.49. The Morgan fingerprint density at radius 1 is 1.32 bits per heavy atom. The molecule has 10 heteroatoms. The quantitative estimate of drug-likeness (QED) is 0.576. The molecule has 31 heavy (non-hydrogen) atoms. The normalized spacial score (nSPS) is 17.3. The fourth-order valence-corrected chi connectivity index (χ4v) is 5.62. The van der Waals surface area contributed by atoms with Crippen molar-refractivity contribution in [2.75, 3.05) is 19.7 Å². The number of aromatic nitrogens is 2. The van der Waals surface area contributed by atoms with Crippen LogP contribution >= 0.6 is 11.6 Å². The first kappa shape index (κ1) is 21.6. The average Bonchev–Trinajstić information content (AvgIpc) is 3.34. The summed E-state index contributed by atoms with van der Waals surface area (Å²) in [6, 6.07) is 8.36. The topological polar surface area (TPSA) is 102 Å². The SMILES string of the molecule is CCOc1ccc(S(=O)(=O)N2CCC(c3cn(CC(=O)O)c4ccc(Cl)cc34)C2)cn1. The summed E-state index contributed by atoms with van der Waals surface area (Å²) in [6.07, 6.45) is 3.74. The summed E-state index contributed by atoms with van der Waals surface area (Å²) in [5.41, 5.74) is 1.67. The molecule has 1 N–H and O–H groups in total. The van der Waals surface area contributed by atoms with Gasteiger partial charge in [0.1, 0.15) is 11.4 Å². The fraction of sp³-hybridized carbons (Fsp3) is 0.333. The number of ether oxygens (including phenoxy) is 1. The monoisotopic (exact) mass is 463 g/mol. The third kappa shape index (κ3) is 4.26. The number of carboxylic acids is 1. The Morgan fingerprint density at radius 2 is 2.13 bits per heavy atom. The van der Waals surface area contributed by atoms with Crippen LogP contribution in [0, 0.1) is 0 Å². The summed E-state index contributed by atoms with van der Waals surface area (Å²) in [7, 11) is -3.70. The van der Waals surface area contributed by atoms with Gasteiger partial charge >= 0.3 is 5.97 Å². The van der Waals surface area contributed by atoms with Crippen LogP contribution in [0.1, 0.15) is 24.8 Å². The molecule has 1 aromatic carbocycles. The molecule has 1 aliphatic rings. The van der Waals surface area contributed by atoms with E-state index in [1.165, 1.54) is 16.6 Å². The highest BCUT2D eigenvalue weighted by Crippen LogP contribution is 2.37. The molecule has 8 nitrogen and oxygen atoms in total. The summed E-state index contributed by atoms with van der Waals surface area (Å²) in [6.45, 7) is 2.77. The van der Waals surface area contributed by atoms with Crippen molar-refractivity contribution in [3.63, 3.8) is 0 Å². The number of carboxylic acid groups (broad SMARTS) is 1. The second-order valence-electron chi connectivity index (χ2n) is 7.38. The van der Waals surface area contributed by atoms with Crippen molar-refractivity contribution in [1.29, 1.82) is 0 Å². The highest BCUT2D eigenvalue weighted by molar-refractivity contribution is 7.89. The minimum atomic E-state index is -3.70. The van der Waals surface area contributed by atoms with Crippen LogP contribution in [-0.4, -0.2) is 53.0 Å². The van der Waals surface area contributed by atoms with Gasteiger partial charge in [-0.3, -0.25) is 4.79 Å². The van der Waals surface area contributed by atoms with Gasteiger partial charge in [-0.1, -0.05) is 11.6 Å². The van der Waals surface area contributed by atoms with Gasteiger partial charge in [0, 0.05) is 47.2 Å². The number of nitrogens with zero attached hydrogens (tertiary/aromatic N) is 3. The predicted molar refractivity (Wildman–Crippen MR) is 116 cm³/mol. The minimum Gasteiger partial charge on any atom is -0.480 e. The number of halogens is 1. The van der Waals surface area contributed by atoms with Crippen molar-refractivity contribution in [3.05, 3.63) is 53.3 Å². The second kappa shape index (κ2) is 8.49. The van der Waals surface area contributed by atoms with Gasteiger partial charge in [-0.2, -0.15) is 4.31 Å². The number of carbonyl (C=O) groups is 1. The number of pyridine rings is 1. The molecule has 0 bridgehead atoms. The molecule has 3 aromatic rings. The highest BCUT2D eigenvalue weighted by atomic mass is 35.5. The van der Waals surface area contributed by atoms with E-state index >= 15 is 0 Å². The zero-order chi connectivity index (χ0) is 22.2. The Bertz CT molecular complexity index is 1220. The summed E-state index contributed by atoms with van der Waals surface area (Å²) in [5, 5.41) is 10.6. The Balaban J connectivity index is 1.62. The number of rotatable bonds is 7. The Kier molecular flexibility index (Phi) is 5.92. The van der Waals surface area contributed by atoms with Crippen molar-refractivity contribution < 1.29 is 23.1 Å². The fourth-order valence-electron chi connectivity index (χ4n) is 4.00. The molecule has 0 amide bonds. The van der Waals surface area contributed by atoms with E-state index in [-0.39, 0.29) is 17.4 Å². The summed E-state index contributed by atoms with van der Waals surface area (Å²) in [5.74, 6) is -0.637. The third-order valence-electron chi connectivity index (χ3n) is 5.41. The standard InChI is InChI=1S/C21H22ClN3O5S/c1-2-30-20-6-4-16(10-23-20)31(28,29)25-8-7-14(11-25)18-12-24(13-21(26)27)19-5-3-15(22)9-17(18)19/h3-6,9-10,12,14H,2,7-8,11,13H2,1H3,(H,26,27). The van der Waals surface area contributed by atoms with Crippen LogP contribution in [-0.2, 0) is 21.4 Å². The molecule has 164 valence electrons. The first-order valence-electron chi connectivity index (χ1n) is 9.88. The maximum absolute atomic E-state index is 13.1. The van der Waals surface area contributed by atoms with E-state index in [2.05, 4.69) is 4.98 Å². The molecule has 0 spiro atoms. The van der Waals surface area contributed by atoms with Crippen molar-refractivity contribution in [3.8, 4) is 5.88 Å². The molecule has 1 atom stereocenters. The zero-order valence-electron chi connectivity index (χ0n) is 16.9. The van der Waals surface area contributed by atoms with Gasteiger partial charge in [0.05, 0.1) is 12.8 Å². The second-order valence-corrected chi connectivity index (χ2v) is 9.76. The molecule has 4 rings (SSSR count). The van der Waals surface area contributed by atoms with Crippen molar-refractivity contribution >= 4 is 38.5 Å². The highest BCUT2D eigenvalue weighted by Gasteiger charge is 2.34. The van der Waals surface area contributed by atoms with Gasteiger partial charge in [-0.05, 0) is 43.2 Å². The molecule has 0 radical (unpaired) electrons. The van der Waals surface area contributed by atoms with Gasteiger partial charge in [0.2, 0.25) is 15.9 Å². The molecule has 1 aliphatic heterocycles. The van der Waals surface area contributed by atoms with E-state index in [1.54, 1.807) is 35.0 Å². The van der Waals surface area contributed by atoms with Crippen LogP contribution in [0.4, 0.5) is 0 Å². The number of benzene rings is 1. The van der Waals surface area contributed by atoms with Gasteiger partial charge in [0.25, 0.3) is 0 Å². The lowest BCUT2D eigenvalue weighted by Gasteiger charge is -2.16. The summed E-state index contributed by atoms with van der Waals surface area (Å²) >= 11 is 6.18. The van der Waals surface area contributed by atoms with Crippen LogP contribution in [0.3, 0.4) is 0 Å². The first-order valence-corrected chi connectivity index (χ1v) is 11.7. The molecule has 1 unspecified atom stereocenters. The van der Waals surface area contributed by atoms with Gasteiger partial charge in [-0.25, -0.2) is 13.4 Å². The molecule has 1 saturated heterocycles. The molecule has 3 heterocycles. The van der Waals surface area contributed by atoms with Crippen molar-refractivity contribution in [2.45, 2.75) is 30.7 Å². The predicted octanol–water partition coefficient (Wildman–Crippen LogP) is 3.35. The Hall–Kier alpha value is -2.62. The van der Waals surface area contributed by atoms with Crippen LogP contribution in [0.25, 0.3) is 10.9 Å². The van der Waals surface area contributed by atoms with E-state index in [9.17, 15) is 18.3 Å². The van der Waals surface area contributed by atoms with Crippen LogP contribution in [0.2, 0.25) is 5.02 Å². The van der Waals surface area contributed by atoms with Crippen LogP contribution in [0.15, 0.2) is 47.6 Å². The Labute approximate surface area is 185 Å². The van der Waals surface area contributed by atoms with E-state index in [0.717, 1.165) is 16.5 Å². The van der Waals surface area contributed by atoms with E-state index in [0.29, 0.717) is 37.0 Å². The average molecular weight is 464 g/mol. The summed E-state index contributed by atoms with van der Waals surface area (Å²) in [4.78, 5) is 15.4. The smallest absolute Gasteiger partial charge is 0.323 e. The summed E-state index contributed by atoms with van der Waals surface area (Å²) < 4.78 is 34.6. The number of hydrogen-bond donors (Lipinski definition) is 1. The van der Waals surface area contributed by atoms with Gasteiger partial charge < -0.3 is 14.4 Å². The van der Waals surface area contributed by atoms with Crippen LogP contribution in [0.5, 0.6) is 5.88 Å². The molecule has 1 fully saturated rings. The largest absolute Gasteiger partial charge is 0.480 e. The Morgan fingerprint density at radius 3 is 2.81 bits per heavy atom. The molecule has 2 aromatic heterocycles. The molecular weight excluding hydrogens is 442 g/mol. The first-order chi connectivity index (χ1) is 14.8. The molecule has 0 aliphatic carbocycles.